The minimum Gasteiger partial charge on any atom is -0.493 e. The number of aromatic nitrogens is 2. The summed E-state index contributed by atoms with van der Waals surface area (Å²) in [5.74, 6) is 1.36. The average molecular weight is 296 g/mol. The first kappa shape index (κ1) is 16.3. The normalized spacial score (nSPS) is 23.7. The summed E-state index contributed by atoms with van der Waals surface area (Å²) in [5, 5.41) is 7.89. The van der Waals surface area contributed by atoms with E-state index in [1.807, 2.05) is 11.7 Å². The Morgan fingerprint density at radius 2 is 2.33 bits per heavy atom. The fourth-order valence-electron chi connectivity index (χ4n) is 2.92. The van der Waals surface area contributed by atoms with Crippen molar-refractivity contribution in [1.29, 1.82) is 0 Å². The number of nitrogens with zero attached hydrogens (tertiary/aromatic N) is 3. The molecule has 3 unspecified atom stereocenters. The van der Waals surface area contributed by atoms with E-state index < -0.39 is 0 Å². The molecule has 0 radical (unpaired) electrons. The number of likely N-dealkylation sites (N-methyl/N-ethyl adjacent to an activating group) is 2. The lowest BCUT2D eigenvalue weighted by Crippen LogP contribution is -2.35. The number of methoxy groups -OCH3 is 1. The van der Waals surface area contributed by atoms with Gasteiger partial charge in [0.2, 0.25) is 0 Å². The molecule has 0 bridgehead atoms. The summed E-state index contributed by atoms with van der Waals surface area (Å²) >= 11 is 0. The minimum absolute atomic E-state index is 0.0992. The van der Waals surface area contributed by atoms with E-state index in [9.17, 15) is 0 Å². The maximum Gasteiger partial charge on any atom is 0.161 e. The highest BCUT2D eigenvalue weighted by Crippen LogP contribution is 2.35. The fraction of sp³-hybridized carbons (Fsp3) is 0.800. The minimum atomic E-state index is 0.0992. The number of rotatable bonds is 7. The van der Waals surface area contributed by atoms with Gasteiger partial charge in [0.15, 0.2) is 5.75 Å². The van der Waals surface area contributed by atoms with Crippen LogP contribution in [0.2, 0.25) is 0 Å². The lowest BCUT2D eigenvalue weighted by atomic mass is 9.95. The molecule has 2 rings (SSSR count). The van der Waals surface area contributed by atoms with Gasteiger partial charge in [-0.1, -0.05) is 6.92 Å². The van der Waals surface area contributed by atoms with E-state index in [1.165, 1.54) is 0 Å². The Hall–Kier alpha value is -1.11. The van der Waals surface area contributed by atoms with Crippen molar-refractivity contribution in [2.75, 3.05) is 41.4 Å². The third-order valence-corrected chi connectivity index (χ3v) is 4.20. The van der Waals surface area contributed by atoms with Gasteiger partial charge in [0, 0.05) is 13.2 Å². The van der Waals surface area contributed by atoms with Crippen LogP contribution in [0.5, 0.6) is 5.75 Å². The largest absolute Gasteiger partial charge is 0.493 e. The van der Waals surface area contributed by atoms with Gasteiger partial charge in [0.25, 0.3) is 0 Å². The molecule has 2 heterocycles. The zero-order valence-corrected chi connectivity index (χ0v) is 13.8. The first-order chi connectivity index (χ1) is 10.1. The molecule has 0 amide bonds. The number of nitrogens with one attached hydrogen (secondary N) is 1. The molecule has 1 fully saturated rings. The third-order valence-electron chi connectivity index (χ3n) is 4.20. The first-order valence-corrected chi connectivity index (χ1v) is 7.61. The van der Waals surface area contributed by atoms with Crippen LogP contribution >= 0.6 is 0 Å². The summed E-state index contributed by atoms with van der Waals surface area (Å²) in [5.41, 5.74) is 1.08. The fourth-order valence-corrected chi connectivity index (χ4v) is 2.92. The smallest absolute Gasteiger partial charge is 0.161 e. The maximum atomic E-state index is 5.95. The summed E-state index contributed by atoms with van der Waals surface area (Å²) in [7, 11) is 7.81. The molecule has 3 atom stereocenters. The SMILES string of the molecule is CNC(c1c(OC)cnn1CCN(C)C)C1OCCC1C. The van der Waals surface area contributed by atoms with Crippen molar-refractivity contribution < 1.29 is 9.47 Å². The van der Waals surface area contributed by atoms with E-state index in [4.69, 9.17) is 9.47 Å². The second-order valence-electron chi connectivity index (χ2n) is 5.99. The van der Waals surface area contributed by atoms with Crippen LogP contribution in [0.3, 0.4) is 0 Å². The van der Waals surface area contributed by atoms with Crippen molar-refractivity contribution in [3.8, 4) is 5.75 Å². The van der Waals surface area contributed by atoms with Gasteiger partial charge in [0.05, 0.1) is 37.7 Å². The first-order valence-electron chi connectivity index (χ1n) is 7.61. The van der Waals surface area contributed by atoms with E-state index in [2.05, 4.69) is 36.3 Å². The highest BCUT2D eigenvalue weighted by Gasteiger charge is 2.35. The molecule has 1 aromatic rings. The quantitative estimate of drug-likeness (QED) is 0.818. The summed E-state index contributed by atoms with van der Waals surface area (Å²) in [4.78, 5) is 2.15. The van der Waals surface area contributed by atoms with Crippen LogP contribution in [-0.2, 0) is 11.3 Å². The molecule has 1 saturated heterocycles. The Bertz CT molecular complexity index is 447. The molecule has 0 aliphatic carbocycles. The predicted octanol–water partition coefficient (Wildman–Crippen LogP) is 1.14. The molecule has 0 spiro atoms. The Morgan fingerprint density at radius 1 is 1.57 bits per heavy atom. The molecule has 1 aromatic heterocycles. The van der Waals surface area contributed by atoms with Gasteiger partial charge in [-0.05, 0) is 33.5 Å². The van der Waals surface area contributed by atoms with Gasteiger partial charge in [-0.2, -0.15) is 5.10 Å². The standard InChI is InChI=1S/C15H28N4O2/c1-11-6-9-21-15(11)13(16-2)14-12(20-5)10-17-19(14)8-7-18(3)4/h10-11,13,15-16H,6-9H2,1-5H3. The topological polar surface area (TPSA) is 51.5 Å². The van der Waals surface area contributed by atoms with Crippen molar-refractivity contribution in [3.05, 3.63) is 11.9 Å². The Morgan fingerprint density at radius 3 is 2.86 bits per heavy atom. The van der Waals surface area contributed by atoms with Gasteiger partial charge in [0.1, 0.15) is 0 Å². The zero-order valence-electron chi connectivity index (χ0n) is 13.8. The van der Waals surface area contributed by atoms with E-state index in [0.717, 1.165) is 37.6 Å². The Labute approximate surface area is 127 Å². The average Bonchev–Trinajstić information content (AvgIpc) is 3.05. The van der Waals surface area contributed by atoms with Gasteiger partial charge in [-0.3, -0.25) is 4.68 Å². The maximum absolute atomic E-state index is 5.95. The predicted molar refractivity (Wildman–Crippen MR) is 82.7 cm³/mol. The molecule has 21 heavy (non-hydrogen) atoms. The van der Waals surface area contributed by atoms with Gasteiger partial charge in [-0.15, -0.1) is 0 Å². The number of hydrogen-bond acceptors (Lipinski definition) is 5. The van der Waals surface area contributed by atoms with Crippen molar-refractivity contribution >= 4 is 0 Å². The summed E-state index contributed by atoms with van der Waals surface area (Å²) in [6, 6.07) is 0.0992. The summed E-state index contributed by atoms with van der Waals surface area (Å²) in [6.45, 7) is 4.85. The second-order valence-corrected chi connectivity index (χ2v) is 5.99. The molecular formula is C15H28N4O2. The third kappa shape index (κ3) is 3.56. The van der Waals surface area contributed by atoms with Crippen LogP contribution in [0.1, 0.15) is 25.1 Å². The molecule has 120 valence electrons. The zero-order chi connectivity index (χ0) is 15.4. The van der Waals surface area contributed by atoms with Crippen molar-refractivity contribution in [1.82, 2.24) is 20.0 Å². The van der Waals surface area contributed by atoms with Gasteiger partial charge < -0.3 is 19.7 Å². The second kappa shape index (κ2) is 7.24. The van der Waals surface area contributed by atoms with Crippen LogP contribution in [0, 0.1) is 5.92 Å². The summed E-state index contributed by atoms with van der Waals surface area (Å²) < 4.78 is 13.5. The molecule has 0 aromatic carbocycles. The van der Waals surface area contributed by atoms with Gasteiger partial charge in [-0.25, -0.2) is 0 Å². The Kier molecular flexibility index (Phi) is 5.61. The monoisotopic (exact) mass is 296 g/mol. The van der Waals surface area contributed by atoms with Crippen LogP contribution in [0.25, 0.3) is 0 Å². The van der Waals surface area contributed by atoms with Crippen LogP contribution in [-0.4, -0.2) is 62.2 Å². The van der Waals surface area contributed by atoms with E-state index in [1.54, 1.807) is 13.3 Å². The van der Waals surface area contributed by atoms with Crippen molar-refractivity contribution in [2.24, 2.45) is 5.92 Å². The highest BCUT2D eigenvalue weighted by molar-refractivity contribution is 5.29. The number of hydrogen-bond donors (Lipinski definition) is 1. The molecule has 6 nitrogen and oxygen atoms in total. The van der Waals surface area contributed by atoms with Gasteiger partial charge >= 0.3 is 0 Å². The highest BCUT2D eigenvalue weighted by atomic mass is 16.5. The molecular weight excluding hydrogens is 268 g/mol. The van der Waals surface area contributed by atoms with E-state index in [-0.39, 0.29) is 12.1 Å². The van der Waals surface area contributed by atoms with E-state index in [0.29, 0.717) is 5.92 Å². The van der Waals surface area contributed by atoms with Crippen molar-refractivity contribution in [3.63, 3.8) is 0 Å². The molecule has 0 saturated carbocycles. The number of ether oxygens (including phenoxy) is 2. The molecule has 1 aliphatic rings. The van der Waals surface area contributed by atoms with Crippen molar-refractivity contribution in [2.45, 2.75) is 32.0 Å². The lowest BCUT2D eigenvalue weighted by molar-refractivity contribution is 0.0594. The molecule has 1 aliphatic heterocycles. The van der Waals surface area contributed by atoms with Crippen LogP contribution in [0.4, 0.5) is 0 Å². The van der Waals surface area contributed by atoms with Crippen LogP contribution in [0.15, 0.2) is 6.20 Å². The Balaban J connectivity index is 2.27. The molecule has 6 heteroatoms. The summed E-state index contributed by atoms with van der Waals surface area (Å²) in [6.07, 6.45) is 3.07. The van der Waals surface area contributed by atoms with Crippen LogP contribution < -0.4 is 10.1 Å². The molecule has 1 N–H and O–H groups in total. The van der Waals surface area contributed by atoms with E-state index >= 15 is 0 Å². The lowest BCUT2D eigenvalue weighted by Gasteiger charge is -2.27.